The van der Waals surface area contributed by atoms with Gasteiger partial charge in [-0.15, -0.1) is 8.78 Å². The molecular formula is C12H11F4NO2. The number of nitrogens with zero attached hydrogens (tertiary/aromatic N) is 1. The van der Waals surface area contributed by atoms with Gasteiger partial charge in [0.1, 0.15) is 5.75 Å². The summed E-state index contributed by atoms with van der Waals surface area (Å²) >= 11 is 0. The molecule has 0 spiro atoms. The second kappa shape index (κ2) is 4.00. The number of hydrogen-bond donors (Lipinski definition) is 0. The highest BCUT2D eigenvalue weighted by Gasteiger charge is 2.54. The van der Waals surface area contributed by atoms with Gasteiger partial charge >= 0.3 is 12.4 Å². The molecule has 1 saturated heterocycles. The Bertz CT molecular complexity index is 501. The number of anilines is 1. The summed E-state index contributed by atoms with van der Waals surface area (Å²) in [6, 6.07) is 3.78. The van der Waals surface area contributed by atoms with E-state index in [1.165, 1.54) is 6.07 Å². The van der Waals surface area contributed by atoms with Crippen molar-refractivity contribution in [2.45, 2.75) is 25.2 Å². The van der Waals surface area contributed by atoms with Crippen LogP contribution in [0, 0.1) is 0 Å². The lowest BCUT2D eigenvalue weighted by atomic mass is 10.1. The lowest BCUT2D eigenvalue weighted by Crippen LogP contribution is -2.41. The topological polar surface area (TPSA) is 21.7 Å². The molecule has 1 aromatic rings. The minimum atomic E-state index is -4.31. The van der Waals surface area contributed by atoms with E-state index in [0.717, 1.165) is 38.1 Å². The minimum Gasteiger partial charge on any atom is -0.409 e. The third-order valence-electron chi connectivity index (χ3n) is 3.22. The maximum atomic E-state index is 13.6. The standard InChI is InChI=1S/C12H11F4NO2/c13-11(14)9-7-8(17-5-1-2-6-17)3-4-10(9)18-12(15,16)19-11/h3-4,7H,1-2,5-6H2. The molecule has 7 heteroatoms. The van der Waals surface area contributed by atoms with Crippen molar-refractivity contribution in [3.63, 3.8) is 0 Å². The van der Waals surface area contributed by atoms with Crippen molar-refractivity contribution in [2.75, 3.05) is 18.0 Å². The molecule has 0 unspecified atom stereocenters. The van der Waals surface area contributed by atoms with Crippen molar-refractivity contribution >= 4 is 5.69 Å². The molecule has 104 valence electrons. The van der Waals surface area contributed by atoms with Crippen LogP contribution in [0.25, 0.3) is 0 Å². The first-order valence-electron chi connectivity index (χ1n) is 5.92. The van der Waals surface area contributed by atoms with Gasteiger partial charge in [-0.3, -0.25) is 0 Å². The van der Waals surface area contributed by atoms with Crippen molar-refractivity contribution in [3.8, 4) is 5.75 Å². The van der Waals surface area contributed by atoms with Crippen LogP contribution in [0.5, 0.6) is 5.75 Å². The molecule has 0 amide bonds. The van der Waals surface area contributed by atoms with Gasteiger partial charge in [0.15, 0.2) is 0 Å². The highest BCUT2D eigenvalue weighted by atomic mass is 19.3. The molecule has 0 radical (unpaired) electrons. The molecule has 1 fully saturated rings. The zero-order valence-electron chi connectivity index (χ0n) is 9.84. The second-order valence-electron chi connectivity index (χ2n) is 4.56. The number of rotatable bonds is 1. The molecule has 0 aromatic heterocycles. The Hall–Kier alpha value is -1.50. The van der Waals surface area contributed by atoms with Crippen molar-refractivity contribution < 1.29 is 27.0 Å². The van der Waals surface area contributed by atoms with Gasteiger partial charge in [0, 0.05) is 18.8 Å². The third-order valence-corrected chi connectivity index (χ3v) is 3.22. The Morgan fingerprint density at radius 3 is 2.42 bits per heavy atom. The number of fused-ring (bicyclic) bond motifs is 1. The van der Waals surface area contributed by atoms with Crippen LogP contribution in [0.2, 0.25) is 0 Å². The van der Waals surface area contributed by atoms with Crippen LogP contribution in [0.3, 0.4) is 0 Å². The summed E-state index contributed by atoms with van der Waals surface area (Å²) in [6.45, 7) is 1.53. The van der Waals surface area contributed by atoms with E-state index in [1.807, 2.05) is 4.90 Å². The van der Waals surface area contributed by atoms with Crippen molar-refractivity contribution in [1.82, 2.24) is 0 Å². The van der Waals surface area contributed by atoms with Crippen LogP contribution in [-0.4, -0.2) is 19.4 Å². The van der Waals surface area contributed by atoms with Crippen LogP contribution in [0.15, 0.2) is 18.2 Å². The first-order chi connectivity index (χ1) is 8.87. The summed E-state index contributed by atoms with van der Waals surface area (Å²) in [6.07, 6.45) is -6.41. The number of alkyl halides is 4. The van der Waals surface area contributed by atoms with Crippen LogP contribution in [0.4, 0.5) is 23.2 Å². The van der Waals surface area contributed by atoms with Gasteiger partial charge in [-0.2, -0.15) is 8.78 Å². The van der Waals surface area contributed by atoms with E-state index < -0.39 is 23.7 Å². The van der Waals surface area contributed by atoms with E-state index in [9.17, 15) is 17.6 Å². The molecule has 19 heavy (non-hydrogen) atoms. The Balaban J connectivity index is 2.00. The summed E-state index contributed by atoms with van der Waals surface area (Å²) in [5, 5.41) is 0. The van der Waals surface area contributed by atoms with E-state index in [0.29, 0.717) is 5.69 Å². The average Bonchev–Trinajstić information content (AvgIpc) is 2.79. The fraction of sp³-hybridized carbons (Fsp3) is 0.500. The smallest absolute Gasteiger partial charge is 0.409 e. The first kappa shape index (κ1) is 12.5. The SMILES string of the molecule is FC1(F)Oc2ccc(N3CCCC3)cc2C(F)(F)O1. The van der Waals surface area contributed by atoms with E-state index in [-0.39, 0.29) is 0 Å². The maximum Gasteiger partial charge on any atom is 0.540 e. The molecule has 3 rings (SSSR count). The summed E-state index contributed by atoms with van der Waals surface area (Å²) in [5.41, 5.74) is -0.101. The highest BCUT2D eigenvalue weighted by molar-refractivity contribution is 5.55. The molecule has 0 aliphatic carbocycles. The maximum absolute atomic E-state index is 13.6. The average molecular weight is 277 g/mol. The number of hydrogen-bond acceptors (Lipinski definition) is 3. The Morgan fingerprint density at radius 1 is 1.05 bits per heavy atom. The van der Waals surface area contributed by atoms with Crippen LogP contribution < -0.4 is 9.64 Å². The molecule has 2 aliphatic heterocycles. The molecule has 3 nitrogen and oxygen atoms in total. The summed E-state index contributed by atoms with van der Waals surface area (Å²) in [7, 11) is 0. The fourth-order valence-electron chi connectivity index (χ4n) is 2.36. The number of benzene rings is 1. The van der Waals surface area contributed by atoms with Crippen LogP contribution in [-0.2, 0) is 10.8 Å². The van der Waals surface area contributed by atoms with Crippen LogP contribution >= 0.6 is 0 Å². The molecule has 0 atom stereocenters. The van der Waals surface area contributed by atoms with Gasteiger partial charge < -0.3 is 9.64 Å². The van der Waals surface area contributed by atoms with Crippen molar-refractivity contribution in [1.29, 1.82) is 0 Å². The van der Waals surface area contributed by atoms with E-state index in [4.69, 9.17) is 0 Å². The molecule has 2 heterocycles. The minimum absolute atomic E-state index is 0.552. The fourth-order valence-corrected chi connectivity index (χ4v) is 2.36. The lowest BCUT2D eigenvalue weighted by molar-refractivity contribution is -0.461. The summed E-state index contributed by atoms with van der Waals surface area (Å²) < 4.78 is 60.3. The van der Waals surface area contributed by atoms with Gasteiger partial charge in [-0.25, -0.2) is 4.74 Å². The highest BCUT2D eigenvalue weighted by Crippen LogP contribution is 2.47. The molecular weight excluding hydrogens is 266 g/mol. The molecule has 2 aliphatic rings. The monoisotopic (exact) mass is 277 g/mol. The molecule has 0 saturated carbocycles. The Morgan fingerprint density at radius 2 is 1.74 bits per heavy atom. The summed E-state index contributed by atoms with van der Waals surface area (Å²) in [5.74, 6) is -0.552. The Kier molecular flexibility index (Phi) is 2.63. The summed E-state index contributed by atoms with van der Waals surface area (Å²) in [4.78, 5) is 1.92. The molecule has 0 bridgehead atoms. The van der Waals surface area contributed by atoms with Gasteiger partial charge in [0.25, 0.3) is 0 Å². The molecule has 0 N–H and O–H groups in total. The van der Waals surface area contributed by atoms with E-state index >= 15 is 0 Å². The predicted molar refractivity (Wildman–Crippen MR) is 58.4 cm³/mol. The number of halogens is 4. The van der Waals surface area contributed by atoms with Gasteiger partial charge in [-0.05, 0) is 31.0 Å². The largest absolute Gasteiger partial charge is 0.540 e. The lowest BCUT2D eigenvalue weighted by Gasteiger charge is -2.31. The van der Waals surface area contributed by atoms with E-state index in [2.05, 4.69) is 9.47 Å². The number of ether oxygens (including phenoxy) is 2. The predicted octanol–water partition coefficient (Wildman–Crippen LogP) is 3.30. The normalized spacial score (nSPS) is 23.9. The Labute approximate surface area is 106 Å². The second-order valence-corrected chi connectivity index (χ2v) is 4.56. The van der Waals surface area contributed by atoms with Crippen molar-refractivity contribution in [2.24, 2.45) is 0 Å². The van der Waals surface area contributed by atoms with Crippen LogP contribution in [0.1, 0.15) is 18.4 Å². The van der Waals surface area contributed by atoms with Gasteiger partial charge in [0.2, 0.25) is 0 Å². The quantitative estimate of drug-likeness (QED) is 0.735. The third kappa shape index (κ3) is 2.22. The van der Waals surface area contributed by atoms with E-state index in [1.54, 1.807) is 0 Å². The zero-order valence-corrected chi connectivity index (χ0v) is 9.84. The zero-order chi connectivity index (χ0) is 13.7. The van der Waals surface area contributed by atoms with Crippen molar-refractivity contribution in [3.05, 3.63) is 23.8 Å². The van der Waals surface area contributed by atoms with Gasteiger partial charge in [-0.1, -0.05) is 0 Å². The van der Waals surface area contributed by atoms with Gasteiger partial charge in [0.05, 0.1) is 5.56 Å². The first-order valence-corrected chi connectivity index (χ1v) is 5.92. The molecule has 1 aromatic carbocycles.